The molecule has 10 unspecified atom stereocenters. The number of ether oxygens (including phenoxy) is 4. The number of urea groups is 1. The van der Waals surface area contributed by atoms with Gasteiger partial charge in [0, 0.05) is 65.5 Å². The van der Waals surface area contributed by atoms with E-state index in [9.17, 15) is 71.9 Å². The van der Waals surface area contributed by atoms with Gasteiger partial charge in [0.15, 0.2) is 11.3 Å². The first-order chi connectivity index (χ1) is 53.6. The van der Waals surface area contributed by atoms with Crippen molar-refractivity contribution in [1.82, 2.24) is 65.9 Å². The van der Waals surface area contributed by atoms with Gasteiger partial charge in [0.25, 0.3) is 23.6 Å². The van der Waals surface area contributed by atoms with E-state index in [4.69, 9.17) is 28.3 Å². The number of nitrogens with one attached hydrogen (secondary N) is 6. The van der Waals surface area contributed by atoms with Gasteiger partial charge in [-0.15, -0.1) is 0 Å². The van der Waals surface area contributed by atoms with Crippen molar-refractivity contribution in [3.8, 4) is 11.5 Å². The van der Waals surface area contributed by atoms with Crippen molar-refractivity contribution in [2.75, 3.05) is 73.0 Å². The van der Waals surface area contributed by atoms with Crippen molar-refractivity contribution in [2.24, 2.45) is 35.5 Å². The molecule has 9 rings (SSSR count). The average molecular weight is 1590 g/mol. The average Bonchev–Trinajstić information content (AvgIpc) is 0.782. The molecule has 0 bridgehead atoms. The molecule has 6 aliphatic heterocycles. The van der Waals surface area contributed by atoms with Gasteiger partial charge < -0.3 is 74.0 Å². The number of aromatic nitrogens is 1. The largest absolute Gasteiger partial charge is 0.458 e. The molecule has 6 heterocycles. The predicted molar refractivity (Wildman–Crippen MR) is 402 cm³/mol. The summed E-state index contributed by atoms with van der Waals surface area (Å²) in [6.45, 7) is 16.3. The lowest BCUT2D eigenvalue weighted by Crippen LogP contribution is -2.62. The molecule has 5 fully saturated rings. The Morgan fingerprint density at radius 1 is 0.596 bits per heavy atom. The molecule has 4 saturated heterocycles. The molecule has 15 amide bonds. The maximum absolute atomic E-state index is 15.9. The molecular weight excluding hydrogens is 1490 g/mol. The van der Waals surface area contributed by atoms with Crippen LogP contribution in [0.5, 0.6) is 0 Å². The van der Waals surface area contributed by atoms with Crippen molar-refractivity contribution >= 4 is 118 Å². The quantitative estimate of drug-likeness (QED) is 0.0439. The van der Waals surface area contributed by atoms with Crippen LogP contribution in [0.1, 0.15) is 152 Å². The van der Waals surface area contributed by atoms with E-state index in [0.717, 1.165) is 24.5 Å². The Kier molecular flexibility index (Phi) is 27.4. The summed E-state index contributed by atoms with van der Waals surface area (Å²) in [6, 6.07) is -10.5. The van der Waals surface area contributed by atoms with Crippen LogP contribution in [0.25, 0.3) is 22.6 Å². The summed E-state index contributed by atoms with van der Waals surface area (Å²) in [4.78, 5) is 270. The van der Waals surface area contributed by atoms with E-state index in [2.05, 4.69) is 31.9 Å². The molecule has 10 atom stereocenters. The molecule has 114 heavy (non-hydrogen) atoms. The van der Waals surface area contributed by atoms with Crippen LogP contribution in [0.15, 0.2) is 33.5 Å². The molecule has 37 heteroatoms. The molecule has 1 aromatic carbocycles. The normalized spacial score (nSPS) is 25.7. The number of hydrogen-bond acceptors (Lipinski definition) is 24. The summed E-state index contributed by atoms with van der Waals surface area (Å²) in [5.41, 5.74) is -5.01. The lowest BCUT2D eigenvalue weighted by Gasteiger charge is -2.36. The lowest BCUT2D eigenvalue weighted by atomic mass is 9.82. The molecule has 8 aliphatic rings. The number of benzene rings is 2. The van der Waals surface area contributed by atoms with E-state index in [1.807, 2.05) is 0 Å². The molecule has 2 aliphatic carbocycles. The number of aryl methyl sites for hydroxylation is 1. The van der Waals surface area contributed by atoms with Crippen LogP contribution in [-0.2, 0) is 81.3 Å². The standard InChI is InChI=1S/C77H102N14O23/c1-35(2)53-71(103)89-29-17-19-46(89)69(101)85(13)32-50(94)87(15)60(37(5)6)74(106)112-41(11)55(67(99)79-53)81-66(98)52-58(83-77(109)111-34-110-73(105)44-24-22-43(23-25-44)31-91-48(92)27-28-49(91)93)62(96)40(10)64-59(52)78-57-45(26-21-39(9)63(57)114-64)65(97)84-76(108)82-56-42(12)113-75(107)61(38(7)8)88(16)51(95)33-86(14)70(102)47-20-18-30-90(47)72(104)54(36(3)4)80-68(56)100/h21,26-28,35-38,41-44,46-47,53-56,60-61H,17-20,22-25,29-34H2,1-16H3,(H,79,99)(H,80,100)(H,81,98)(H,83,109)(H2,82,84,97,108). The van der Waals surface area contributed by atoms with Crippen molar-refractivity contribution in [1.29, 1.82) is 0 Å². The van der Waals surface area contributed by atoms with Crippen LogP contribution in [0, 0.1) is 49.4 Å². The predicted octanol–water partition coefficient (Wildman–Crippen LogP) is 1.63. The Morgan fingerprint density at radius 2 is 1.08 bits per heavy atom. The first kappa shape index (κ1) is 86.6. The van der Waals surface area contributed by atoms with Gasteiger partial charge in [-0.3, -0.25) is 82.7 Å². The zero-order valence-corrected chi connectivity index (χ0v) is 66.9. The number of amides is 15. The molecule has 618 valence electrons. The number of cyclic esters (lactones) is 2. The smallest absolute Gasteiger partial charge is 0.414 e. The third-order valence-electron chi connectivity index (χ3n) is 21.9. The minimum atomic E-state index is -2.09. The summed E-state index contributed by atoms with van der Waals surface area (Å²) in [7, 11) is 5.41. The van der Waals surface area contributed by atoms with E-state index in [-0.39, 0.29) is 67.9 Å². The molecule has 0 aromatic heterocycles. The van der Waals surface area contributed by atoms with E-state index < -0.39 is 250 Å². The van der Waals surface area contributed by atoms with Gasteiger partial charge in [-0.2, -0.15) is 0 Å². The zero-order valence-electron chi connectivity index (χ0n) is 66.9. The van der Waals surface area contributed by atoms with Gasteiger partial charge in [-0.05, 0) is 120 Å². The molecule has 37 nitrogen and oxygen atoms in total. The van der Waals surface area contributed by atoms with Crippen LogP contribution in [0.3, 0.4) is 0 Å². The van der Waals surface area contributed by atoms with E-state index in [0.29, 0.717) is 25.7 Å². The van der Waals surface area contributed by atoms with Gasteiger partial charge in [0.2, 0.25) is 59.5 Å². The lowest BCUT2D eigenvalue weighted by molar-refractivity contribution is -0.163. The van der Waals surface area contributed by atoms with Crippen molar-refractivity contribution in [3.05, 3.63) is 56.8 Å². The van der Waals surface area contributed by atoms with E-state index in [1.165, 1.54) is 90.0 Å². The number of carbonyl (C=O) groups excluding carboxylic acids is 17. The van der Waals surface area contributed by atoms with Gasteiger partial charge in [-0.1, -0.05) is 61.5 Å². The number of fused-ring (bicyclic) bond motifs is 4. The van der Waals surface area contributed by atoms with Gasteiger partial charge in [0.05, 0.1) is 30.1 Å². The van der Waals surface area contributed by atoms with Crippen LogP contribution >= 0.6 is 0 Å². The Balaban J connectivity index is 1.10. The highest BCUT2D eigenvalue weighted by Gasteiger charge is 2.47. The van der Waals surface area contributed by atoms with Crippen molar-refractivity contribution in [3.63, 3.8) is 0 Å². The Bertz CT molecular complexity index is 4410. The number of rotatable bonds is 14. The molecule has 0 spiro atoms. The maximum atomic E-state index is 15.9. The molecular formula is C77H102N14O23. The number of hydrogen-bond donors (Lipinski definition) is 6. The minimum Gasteiger partial charge on any atom is -0.458 e. The maximum Gasteiger partial charge on any atom is 0.414 e. The number of nitrogens with zero attached hydrogens (tertiary/aromatic N) is 8. The number of anilines is 1. The fourth-order valence-corrected chi connectivity index (χ4v) is 15.3. The first-order valence-electron chi connectivity index (χ1n) is 38.2. The van der Waals surface area contributed by atoms with Gasteiger partial charge in [-0.25, -0.2) is 24.2 Å². The summed E-state index contributed by atoms with van der Waals surface area (Å²) in [6.07, 6.45) is 0.0519. The number of imide groups is 2. The van der Waals surface area contributed by atoms with E-state index >= 15 is 14.4 Å². The monoisotopic (exact) mass is 1590 g/mol. The topological polar surface area (TPSA) is 465 Å². The molecule has 1 saturated carbocycles. The highest BCUT2D eigenvalue weighted by atomic mass is 16.7. The van der Waals surface area contributed by atoms with Crippen molar-refractivity contribution in [2.45, 2.75) is 195 Å². The molecule has 0 radical (unpaired) electrons. The number of esters is 3. The molecule has 6 N–H and O–H groups in total. The molecule has 1 aromatic rings. The first-order valence-corrected chi connectivity index (χ1v) is 38.2. The zero-order chi connectivity index (χ0) is 84.1. The second kappa shape index (κ2) is 36.2. The Morgan fingerprint density at radius 3 is 1.55 bits per heavy atom. The third-order valence-corrected chi connectivity index (χ3v) is 21.9. The van der Waals surface area contributed by atoms with Gasteiger partial charge in [0.1, 0.15) is 77.4 Å². The summed E-state index contributed by atoms with van der Waals surface area (Å²) < 4.78 is 29.0. The van der Waals surface area contributed by atoms with Crippen LogP contribution in [0.2, 0.25) is 0 Å². The minimum absolute atomic E-state index is 0.0717. The summed E-state index contributed by atoms with van der Waals surface area (Å²) >= 11 is 0. The second-order valence-electron chi connectivity index (χ2n) is 31.4. The van der Waals surface area contributed by atoms with Gasteiger partial charge >= 0.3 is 30.0 Å². The van der Waals surface area contributed by atoms with Crippen LogP contribution in [0.4, 0.5) is 15.3 Å². The number of likely N-dealkylation sites (N-methyl/N-ethyl adjacent to an activating group) is 4. The number of carbonyl (C=O) groups is 17. The SMILES string of the molecule is Cc1c2oc3c(C)ccc(C(=O)NC(=O)NC4C(=O)NC(C(C)C)C(=O)N5CCCC5C(=O)N(C)CC(=O)N(C)C(C(C)C)C(=O)OC4C)c3nc-2c(C(=O)NC2C(=O)NC(C(C)C)C(=O)N3CCCC3C(=O)N(C)CC(=O)N(C)C(C(C)C)C(=O)OC2C)c(NC(=O)OCOC(=O)C2CCC(CN3C(=O)C=CC3=O)CC2)c1=O. The summed E-state index contributed by atoms with van der Waals surface area (Å²) in [5.74, 6) is -16.8. The third kappa shape index (κ3) is 18.8. The van der Waals surface area contributed by atoms with Crippen molar-refractivity contribution < 1.29 is 105 Å². The van der Waals surface area contributed by atoms with E-state index in [1.54, 1.807) is 55.4 Å². The van der Waals surface area contributed by atoms with Crippen LogP contribution < -0.4 is 37.3 Å². The Hall–Kier alpha value is -11.4. The van der Waals surface area contributed by atoms with Crippen LogP contribution in [-0.4, -0.2) is 268 Å². The highest BCUT2D eigenvalue weighted by molar-refractivity contribution is 6.14. The Labute approximate surface area is 657 Å². The second-order valence-corrected chi connectivity index (χ2v) is 31.4. The highest BCUT2D eigenvalue weighted by Crippen LogP contribution is 2.37. The fraction of sp³-hybridized carbons (Fsp3) is 0.597. The summed E-state index contributed by atoms with van der Waals surface area (Å²) in [5, 5.41) is 14.6. The fourth-order valence-electron chi connectivity index (χ4n) is 15.3.